The van der Waals surface area contributed by atoms with Gasteiger partial charge in [0.25, 0.3) is 0 Å². The Kier molecular flexibility index (Phi) is 12.4. The second-order valence-electron chi connectivity index (χ2n) is 8.54. The normalized spacial score (nSPS) is 19.0. The first-order valence-electron chi connectivity index (χ1n) is 11.2. The van der Waals surface area contributed by atoms with Crippen molar-refractivity contribution in [2.75, 3.05) is 26.7 Å². The molecule has 1 amide bonds. The topological polar surface area (TPSA) is 73.5 Å². The number of nitrogens with zero attached hydrogens (tertiary/aromatic N) is 1. The van der Waals surface area contributed by atoms with Crippen molar-refractivity contribution in [2.45, 2.75) is 77.8 Å². The van der Waals surface area contributed by atoms with Crippen molar-refractivity contribution in [1.82, 2.24) is 20.9 Å². The van der Waals surface area contributed by atoms with E-state index < -0.39 is 0 Å². The summed E-state index contributed by atoms with van der Waals surface area (Å²) in [5, 5.41) is 9.68. The van der Waals surface area contributed by atoms with Crippen molar-refractivity contribution in [2.24, 2.45) is 5.92 Å². The van der Waals surface area contributed by atoms with E-state index in [4.69, 9.17) is 0 Å². The Morgan fingerprint density at radius 3 is 2.59 bits per heavy atom. The van der Waals surface area contributed by atoms with Crippen LogP contribution in [0, 0.1) is 5.92 Å². The van der Waals surface area contributed by atoms with E-state index in [1.54, 1.807) is 6.08 Å². The first-order chi connectivity index (χ1) is 13.8. The van der Waals surface area contributed by atoms with Crippen molar-refractivity contribution in [3.63, 3.8) is 0 Å². The van der Waals surface area contributed by atoms with Crippen LogP contribution >= 0.6 is 0 Å². The molecule has 1 rings (SSSR count). The molecule has 29 heavy (non-hydrogen) atoms. The smallest absolute Gasteiger partial charge is 0.219 e. The van der Waals surface area contributed by atoms with E-state index in [-0.39, 0.29) is 17.6 Å². The molecule has 166 valence electrons. The first-order valence-corrected chi connectivity index (χ1v) is 11.2. The van der Waals surface area contributed by atoms with Gasteiger partial charge in [-0.1, -0.05) is 39.3 Å². The van der Waals surface area contributed by atoms with E-state index in [2.05, 4.69) is 41.4 Å². The molecule has 6 nitrogen and oxygen atoms in total. The van der Waals surface area contributed by atoms with Crippen LogP contribution in [0.15, 0.2) is 24.6 Å². The highest BCUT2D eigenvalue weighted by Gasteiger charge is 2.23. The average Bonchev–Trinajstić information content (AvgIpc) is 2.98. The standard InChI is InChI=1S/C23H42N4O2/c1-18(2)22(28)13-11-17-27(5)16-10-9-15-24-23(29)14-8-6-7-12-21-19(3)25-20(4)26-21/h11,13,18-19,21,25-26H,4,6-10,12,14-17H2,1-3,5H3,(H,24,29)/b13-11+. The Morgan fingerprint density at radius 1 is 1.17 bits per heavy atom. The largest absolute Gasteiger partial charge is 0.368 e. The van der Waals surface area contributed by atoms with Gasteiger partial charge in [-0.3, -0.25) is 9.59 Å². The third-order valence-electron chi connectivity index (χ3n) is 5.34. The summed E-state index contributed by atoms with van der Waals surface area (Å²) in [6.07, 6.45) is 10.5. The SMILES string of the molecule is C=C1NC(C)C(CCCCCC(=O)NCCCCN(C)C/C=C/C(=O)C(C)C)N1. The molecular formula is C23H42N4O2. The molecule has 0 bridgehead atoms. The lowest BCUT2D eigenvalue weighted by atomic mass is 10.0. The Balaban J connectivity index is 1.94. The highest BCUT2D eigenvalue weighted by atomic mass is 16.1. The molecule has 1 aliphatic rings. The number of nitrogens with one attached hydrogen (secondary N) is 3. The van der Waals surface area contributed by atoms with E-state index in [0.29, 0.717) is 18.5 Å². The Hall–Kier alpha value is -1.82. The summed E-state index contributed by atoms with van der Waals surface area (Å²) in [5.74, 6) is 1.32. The zero-order valence-electron chi connectivity index (χ0n) is 18.9. The van der Waals surface area contributed by atoms with Gasteiger partial charge in [-0.25, -0.2) is 0 Å². The Bertz CT molecular complexity index is 545. The monoisotopic (exact) mass is 406 g/mol. The Labute approximate surface area is 177 Å². The van der Waals surface area contributed by atoms with Crippen molar-refractivity contribution in [3.8, 4) is 0 Å². The minimum atomic E-state index is 0.0611. The zero-order valence-corrected chi connectivity index (χ0v) is 18.9. The summed E-state index contributed by atoms with van der Waals surface area (Å²) >= 11 is 0. The van der Waals surface area contributed by atoms with Gasteiger partial charge < -0.3 is 20.9 Å². The number of hydrogen-bond donors (Lipinski definition) is 3. The van der Waals surface area contributed by atoms with Crippen molar-refractivity contribution >= 4 is 11.7 Å². The Morgan fingerprint density at radius 2 is 1.93 bits per heavy atom. The molecule has 2 unspecified atom stereocenters. The van der Waals surface area contributed by atoms with E-state index in [1.165, 1.54) is 0 Å². The summed E-state index contributed by atoms with van der Waals surface area (Å²) in [5.41, 5.74) is 0. The molecule has 1 heterocycles. The van der Waals surface area contributed by atoms with Gasteiger partial charge in [0, 0.05) is 37.5 Å². The van der Waals surface area contributed by atoms with E-state index in [1.807, 2.05) is 19.9 Å². The predicted molar refractivity (Wildman–Crippen MR) is 120 cm³/mol. The van der Waals surface area contributed by atoms with Crippen LogP contribution in [0.5, 0.6) is 0 Å². The predicted octanol–water partition coefficient (Wildman–Crippen LogP) is 2.97. The number of amides is 1. The number of carbonyl (C=O) groups is 2. The zero-order chi connectivity index (χ0) is 21.6. The van der Waals surface area contributed by atoms with Crippen LogP contribution in [0.3, 0.4) is 0 Å². The van der Waals surface area contributed by atoms with Gasteiger partial charge in [-0.05, 0) is 52.3 Å². The number of ketones is 1. The summed E-state index contributed by atoms with van der Waals surface area (Å²) in [6, 6.07) is 0.893. The van der Waals surface area contributed by atoms with Crippen molar-refractivity contribution < 1.29 is 9.59 Å². The van der Waals surface area contributed by atoms with Crippen LogP contribution in [0.1, 0.15) is 65.7 Å². The first kappa shape index (κ1) is 25.2. The maximum absolute atomic E-state index is 11.9. The lowest BCUT2D eigenvalue weighted by Gasteiger charge is -2.14. The van der Waals surface area contributed by atoms with Crippen LogP contribution in [0.2, 0.25) is 0 Å². The lowest BCUT2D eigenvalue weighted by Crippen LogP contribution is -2.30. The van der Waals surface area contributed by atoms with E-state index in [9.17, 15) is 9.59 Å². The second kappa shape index (κ2) is 14.2. The third-order valence-corrected chi connectivity index (χ3v) is 5.34. The van der Waals surface area contributed by atoms with Gasteiger partial charge in [-0.15, -0.1) is 0 Å². The van der Waals surface area contributed by atoms with Gasteiger partial charge in [-0.2, -0.15) is 0 Å². The summed E-state index contributed by atoms with van der Waals surface area (Å²) in [6.45, 7) is 12.4. The lowest BCUT2D eigenvalue weighted by molar-refractivity contribution is -0.121. The van der Waals surface area contributed by atoms with Crippen molar-refractivity contribution in [3.05, 3.63) is 24.6 Å². The molecule has 0 aromatic carbocycles. The molecule has 0 aromatic rings. The average molecular weight is 407 g/mol. The quantitative estimate of drug-likeness (QED) is 0.288. The van der Waals surface area contributed by atoms with Gasteiger partial charge >= 0.3 is 0 Å². The number of likely N-dealkylation sites (N-methyl/N-ethyl adjacent to an activating group) is 1. The van der Waals surface area contributed by atoms with Gasteiger partial charge in [0.15, 0.2) is 5.78 Å². The highest BCUT2D eigenvalue weighted by Crippen LogP contribution is 2.13. The minimum Gasteiger partial charge on any atom is -0.368 e. The number of unbranched alkanes of at least 4 members (excludes halogenated alkanes) is 3. The van der Waals surface area contributed by atoms with Crippen LogP contribution < -0.4 is 16.0 Å². The van der Waals surface area contributed by atoms with Gasteiger partial charge in [0.2, 0.25) is 5.91 Å². The molecule has 0 saturated carbocycles. The third kappa shape index (κ3) is 11.7. The second-order valence-corrected chi connectivity index (χ2v) is 8.54. The van der Waals surface area contributed by atoms with Crippen LogP contribution in [0.4, 0.5) is 0 Å². The fraction of sp³-hybridized carbons (Fsp3) is 0.739. The molecular weight excluding hydrogens is 364 g/mol. The van der Waals surface area contributed by atoms with E-state index >= 15 is 0 Å². The molecule has 3 N–H and O–H groups in total. The molecule has 0 radical (unpaired) electrons. The number of hydrogen-bond acceptors (Lipinski definition) is 5. The highest BCUT2D eigenvalue weighted by molar-refractivity contribution is 5.91. The van der Waals surface area contributed by atoms with Crippen molar-refractivity contribution in [1.29, 1.82) is 0 Å². The minimum absolute atomic E-state index is 0.0611. The molecule has 0 aliphatic carbocycles. The summed E-state index contributed by atoms with van der Waals surface area (Å²) in [4.78, 5) is 25.6. The molecule has 6 heteroatoms. The maximum atomic E-state index is 11.9. The van der Waals surface area contributed by atoms with E-state index in [0.717, 1.165) is 64.0 Å². The molecule has 1 aliphatic heterocycles. The molecule has 1 fully saturated rings. The summed E-state index contributed by atoms with van der Waals surface area (Å²) in [7, 11) is 2.05. The van der Waals surface area contributed by atoms with Gasteiger partial charge in [0.1, 0.15) is 0 Å². The van der Waals surface area contributed by atoms with Crippen LogP contribution in [-0.2, 0) is 9.59 Å². The fourth-order valence-electron chi connectivity index (χ4n) is 3.37. The molecule has 1 saturated heterocycles. The number of allylic oxidation sites excluding steroid dienone is 1. The molecule has 0 spiro atoms. The van der Waals surface area contributed by atoms with Crippen LogP contribution in [0.25, 0.3) is 0 Å². The number of carbonyl (C=O) groups excluding carboxylic acids is 2. The van der Waals surface area contributed by atoms with Gasteiger partial charge in [0.05, 0.1) is 5.82 Å². The fourth-order valence-corrected chi connectivity index (χ4v) is 3.37. The number of rotatable bonds is 15. The summed E-state index contributed by atoms with van der Waals surface area (Å²) < 4.78 is 0. The molecule has 0 aromatic heterocycles. The van der Waals surface area contributed by atoms with Crippen LogP contribution in [-0.4, -0.2) is 55.4 Å². The molecule has 2 atom stereocenters. The maximum Gasteiger partial charge on any atom is 0.219 e.